The predicted molar refractivity (Wildman–Crippen MR) is 56.2 cm³/mol. The van der Waals surface area contributed by atoms with Crippen molar-refractivity contribution in [3.63, 3.8) is 0 Å². The van der Waals surface area contributed by atoms with Crippen LogP contribution in [0.3, 0.4) is 0 Å². The van der Waals surface area contributed by atoms with Crippen LogP contribution in [0.4, 0.5) is 13.2 Å². The summed E-state index contributed by atoms with van der Waals surface area (Å²) in [5.74, 6) is 0. The normalized spacial score (nSPS) is 11.8. The molecule has 0 unspecified atom stereocenters. The maximum atomic E-state index is 12.3. The third-order valence-corrected chi connectivity index (χ3v) is 2.40. The summed E-state index contributed by atoms with van der Waals surface area (Å²) in [6, 6.07) is 8.99. The van der Waals surface area contributed by atoms with E-state index < -0.39 is 11.9 Å². The van der Waals surface area contributed by atoms with Gasteiger partial charge in [-0.2, -0.15) is 13.2 Å². The van der Waals surface area contributed by atoms with E-state index in [1.54, 1.807) is 24.3 Å². The number of rotatable bonds is 1. The van der Waals surface area contributed by atoms with E-state index >= 15 is 0 Å². The van der Waals surface area contributed by atoms with Gasteiger partial charge in [0.15, 0.2) is 0 Å². The van der Waals surface area contributed by atoms with Crippen LogP contribution in [0, 0.1) is 0 Å². The zero-order chi connectivity index (χ0) is 11.8. The van der Waals surface area contributed by atoms with Gasteiger partial charge in [-0.25, -0.2) is 0 Å². The lowest BCUT2D eigenvalue weighted by molar-refractivity contribution is -0.140. The summed E-state index contributed by atoms with van der Waals surface area (Å²) in [5.41, 5.74) is 0.335. The van der Waals surface area contributed by atoms with Crippen LogP contribution in [-0.4, -0.2) is 4.98 Å². The molecule has 1 heterocycles. The molecular weight excluding hydrogens is 239 g/mol. The van der Waals surface area contributed by atoms with Gasteiger partial charge in [-0.1, -0.05) is 23.7 Å². The molecule has 2 aromatic rings. The molecule has 0 spiro atoms. The number of nitrogens with one attached hydrogen (secondary N) is 1. The number of aromatic amines is 1. The highest BCUT2D eigenvalue weighted by molar-refractivity contribution is 6.30. The second-order valence-electron chi connectivity index (χ2n) is 3.29. The number of halogens is 4. The van der Waals surface area contributed by atoms with Crippen molar-refractivity contribution < 1.29 is 13.2 Å². The van der Waals surface area contributed by atoms with Crippen molar-refractivity contribution in [1.82, 2.24) is 4.98 Å². The Morgan fingerprint density at radius 3 is 2.06 bits per heavy atom. The van der Waals surface area contributed by atoms with Crippen LogP contribution in [0.15, 0.2) is 36.4 Å². The van der Waals surface area contributed by atoms with Crippen LogP contribution < -0.4 is 0 Å². The van der Waals surface area contributed by atoms with Crippen LogP contribution in [0.25, 0.3) is 11.3 Å². The van der Waals surface area contributed by atoms with Crippen molar-refractivity contribution in [2.45, 2.75) is 6.18 Å². The Balaban J connectivity index is 2.35. The maximum absolute atomic E-state index is 12.3. The Morgan fingerprint density at radius 1 is 0.938 bits per heavy atom. The fourth-order valence-corrected chi connectivity index (χ4v) is 1.48. The number of benzene rings is 1. The first-order chi connectivity index (χ1) is 7.47. The largest absolute Gasteiger partial charge is 0.431 e. The standard InChI is InChI=1S/C11H7ClF3N/c12-8-3-1-7(2-4-8)9-5-6-10(16-9)11(13,14)15/h1-6,16H. The molecule has 0 saturated carbocycles. The zero-order valence-corrected chi connectivity index (χ0v) is 8.73. The third-order valence-electron chi connectivity index (χ3n) is 2.15. The number of aromatic nitrogens is 1. The minimum atomic E-state index is -4.34. The van der Waals surface area contributed by atoms with E-state index in [1.165, 1.54) is 6.07 Å². The Labute approximate surface area is 94.9 Å². The van der Waals surface area contributed by atoms with Crippen molar-refractivity contribution >= 4 is 11.6 Å². The molecule has 0 aliphatic heterocycles. The Kier molecular flexibility index (Phi) is 2.68. The molecule has 0 fully saturated rings. The quantitative estimate of drug-likeness (QED) is 0.769. The minimum absolute atomic E-state index is 0.420. The summed E-state index contributed by atoms with van der Waals surface area (Å²) < 4.78 is 37.0. The van der Waals surface area contributed by atoms with Gasteiger partial charge in [0.2, 0.25) is 0 Å². The molecule has 2 rings (SSSR count). The Hall–Kier alpha value is -1.42. The van der Waals surface area contributed by atoms with Crippen LogP contribution in [0.1, 0.15) is 5.69 Å². The van der Waals surface area contributed by atoms with Gasteiger partial charge in [0.25, 0.3) is 0 Å². The minimum Gasteiger partial charge on any atom is -0.351 e. The number of hydrogen-bond acceptors (Lipinski definition) is 0. The van der Waals surface area contributed by atoms with E-state index in [-0.39, 0.29) is 0 Å². The third kappa shape index (κ3) is 2.22. The zero-order valence-electron chi connectivity index (χ0n) is 7.98. The van der Waals surface area contributed by atoms with Gasteiger partial charge in [0.1, 0.15) is 5.69 Å². The summed E-state index contributed by atoms with van der Waals surface area (Å²) in [7, 11) is 0. The summed E-state index contributed by atoms with van der Waals surface area (Å²) in [6.45, 7) is 0. The van der Waals surface area contributed by atoms with E-state index in [9.17, 15) is 13.2 Å². The molecule has 84 valence electrons. The molecule has 1 aromatic carbocycles. The van der Waals surface area contributed by atoms with E-state index in [4.69, 9.17) is 11.6 Å². The maximum Gasteiger partial charge on any atom is 0.431 e. The van der Waals surface area contributed by atoms with Crippen molar-refractivity contribution in [3.05, 3.63) is 47.1 Å². The van der Waals surface area contributed by atoms with Crippen LogP contribution in [0.2, 0.25) is 5.02 Å². The van der Waals surface area contributed by atoms with Gasteiger partial charge in [-0.3, -0.25) is 0 Å². The van der Waals surface area contributed by atoms with E-state index in [0.29, 0.717) is 16.3 Å². The fourth-order valence-electron chi connectivity index (χ4n) is 1.36. The average molecular weight is 246 g/mol. The van der Waals surface area contributed by atoms with Crippen LogP contribution in [-0.2, 0) is 6.18 Å². The van der Waals surface area contributed by atoms with Crippen molar-refractivity contribution in [3.8, 4) is 11.3 Å². The summed E-state index contributed by atoms with van der Waals surface area (Å²) >= 11 is 5.69. The van der Waals surface area contributed by atoms with Crippen LogP contribution in [0.5, 0.6) is 0 Å². The number of H-pyrrole nitrogens is 1. The first-order valence-electron chi connectivity index (χ1n) is 4.49. The molecule has 16 heavy (non-hydrogen) atoms. The highest BCUT2D eigenvalue weighted by Crippen LogP contribution is 2.30. The highest BCUT2D eigenvalue weighted by Gasteiger charge is 2.32. The molecule has 0 amide bonds. The molecule has 5 heteroatoms. The van der Waals surface area contributed by atoms with Crippen molar-refractivity contribution in [2.24, 2.45) is 0 Å². The van der Waals surface area contributed by atoms with Gasteiger partial charge in [0, 0.05) is 10.7 Å². The van der Waals surface area contributed by atoms with Crippen LogP contribution >= 0.6 is 11.6 Å². The lowest BCUT2D eigenvalue weighted by Crippen LogP contribution is -2.04. The molecule has 1 nitrogen and oxygen atoms in total. The average Bonchev–Trinajstić information content (AvgIpc) is 2.67. The molecule has 0 saturated heterocycles. The van der Waals surface area contributed by atoms with Gasteiger partial charge < -0.3 is 4.98 Å². The highest BCUT2D eigenvalue weighted by atomic mass is 35.5. The molecular formula is C11H7ClF3N. The smallest absolute Gasteiger partial charge is 0.351 e. The molecule has 0 aliphatic rings. The lowest BCUT2D eigenvalue weighted by Gasteiger charge is -2.03. The molecule has 0 bridgehead atoms. The lowest BCUT2D eigenvalue weighted by atomic mass is 10.2. The first-order valence-corrected chi connectivity index (χ1v) is 4.87. The van der Waals surface area contributed by atoms with Gasteiger partial charge >= 0.3 is 6.18 Å². The van der Waals surface area contributed by atoms with E-state index in [2.05, 4.69) is 4.98 Å². The molecule has 1 N–H and O–H groups in total. The van der Waals surface area contributed by atoms with E-state index in [0.717, 1.165) is 6.07 Å². The van der Waals surface area contributed by atoms with Gasteiger partial charge in [-0.05, 0) is 29.8 Å². The molecule has 0 atom stereocenters. The number of alkyl halides is 3. The Bertz CT molecular complexity index is 485. The predicted octanol–water partition coefficient (Wildman–Crippen LogP) is 4.35. The Morgan fingerprint density at radius 2 is 1.56 bits per heavy atom. The topological polar surface area (TPSA) is 15.8 Å². The first kappa shape index (κ1) is 11.1. The summed E-state index contributed by atoms with van der Waals surface area (Å²) in [5, 5.41) is 0.548. The number of hydrogen-bond donors (Lipinski definition) is 1. The van der Waals surface area contributed by atoms with Crippen molar-refractivity contribution in [1.29, 1.82) is 0 Å². The molecule has 0 aliphatic carbocycles. The van der Waals surface area contributed by atoms with Gasteiger partial charge in [-0.15, -0.1) is 0 Å². The monoisotopic (exact) mass is 245 g/mol. The SMILES string of the molecule is FC(F)(F)c1ccc(-c2ccc(Cl)cc2)[nH]1. The molecule has 1 aromatic heterocycles. The molecule has 0 radical (unpaired) electrons. The fraction of sp³-hybridized carbons (Fsp3) is 0.0909. The summed E-state index contributed by atoms with van der Waals surface area (Å²) in [6.07, 6.45) is -4.34. The van der Waals surface area contributed by atoms with E-state index in [1.807, 2.05) is 0 Å². The second-order valence-corrected chi connectivity index (χ2v) is 3.73. The van der Waals surface area contributed by atoms with Crippen molar-refractivity contribution in [2.75, 3.05) is 0 Å². The second kappa shape index (κ2) is 3.87. The summed E-state index contributed by atoms with van der Waals surface area (Å²) in [4.78, 5) is 2.32. The van der Waals surface area contributed by atoms with Gasteiger partial charge in [0.05, 0.1) is 0 Å².